The summed E-state index contributed by atoms with van der Waals surface area (Å²) in [6.07, 6.45) is 2.07. The fourth-order valence-corrected chi connectivity index (χ4v) is 2.62. The van der Waals surface area contributed by atoms with Crippen molar-refractivity contribution in [2.45, 2.75) is 19.4 Å². The molecule has 102 valence electrons. The third kappa shape index (κ3) is 1.75. The van der Waals surface area contributed by atoms with Gasteiger partial charge in [-0.25, -0.2) is 9.97 Å². The molecule has 0 unspecified atom stereocenters. The van der Waals surface area contributed by atoms with Crippen molar-refractivity contribution in [1.82, 2.24) is 9.97 Å². The first kappa shape index (κ1) is 12.3. The normalized spacial score (nSPS) is 17.1. The van der Waals surface area contributed by atoms with Gasteiger partial charge >= 0.3 is 5.69 Å². The first-order valence-corrected chi connectivity index (χ1v) is 6.21. The number of nitro groups is 1. The lowest BCUT2D eigenvalue weighted by atomic mass is 10.1. The molecule has 1 atom stereocenters. The van der Waals surface area contributed by atoms with Gasteiger partial charge in [-0.05, 0) is 25.0 Å². The van der Waals surface area contributed by atoms with E-state index in [1.165, 1.54) is 6.33 Å². The molecule has 0 aliphatic carbocycles. The van der Waals surface area contributed by atoms with Crippen LogP contribution < -0.4 is 10.6 Å². The number of nitrogen functional groups attached to an aromatic ring is 1. The van der Waals surface area contributed by atoms with Crippen LogP contribution in [0.2, 0.25) is 0 Å². The van der Waals surface area contributed by atoms with E-state index in [-0.39, 0.29) is 23.4 Å². The summed E-state index contributed by atoms with van der Waals surface area (Å²) in [5.41, 5.74) is 7.47. The monoisotopic (exact) mass is 271 g/mol. The van der Waals surface area contributed by atoms with E-state index in [2.05, 4.69) is 9.97 Å². The summed E-state index contributed by atoms with van der Waals surface area (Å²) in [6.45, 7) is 2.00. The molecule has 2 N–H and O–H groups in total. The SMILES string of the molecule is C[C@@H]1Cc2ccccc2N1c1ncnc(N)c1[N+](=O)[O-]. The van der Waals surface area contributed by atoms with Crippen LogP contribution in [0.3, 0.4) is 0 Å². The van der Waals surface area contributed by atoms with Crippen molar-refractivity contribution in [3.05, 3.63) is 46.3 Å². The summed E-state index contributed by atoms with van der Waals surface area (Å²) in [7, 11) is 0. The molecule has 2 heterocycles. The molecule has 0 radical (unpaired) electrons. The number of hydrogen-bond donors (Lipinski definition) is 1. The zero-order chi connectivity index (χ0) is 14.3. The average Bonchev–Trinajstić information content (AvgIpc) is 2.73. The van der Waals surface area contributed by atoms with Gasteiger partial charge in [0.2, 0.25) is 11.6 Å². The molecule has 1 aliphatic rings. The average molecular weight is 271 g/mol. The van der Waals surface area contributed by atoms with E-state index in [0.717, 1.165) is 17.7 Å². The maximum Gasteiger partial charge on any atom is 0.353 e. The Balaban J connectivity index is 2.20. The number of fused-ring (bicyclic) bond motifs is 1. The number of nitrogens with two attached hydrogens (primary N) is 1. The van der Waals surface area contributed by atoms with Gasteiger partial charge in [-0.1, -0.05) is 18.2 Å². The fraction of sp³-hybridized carbons (Fsp3) is 0.231. The van der Waals surface area contributed by atoms with Gasteiger partial charge in [-0.15, -0.1) is 0 Å². The molecular weight excluding hydrogens is 258 g/mol. The zero-order valence-corrected chi connectivity index (χ0v) is 10.9. The van der Waals surface area contributed by atoms with Crippen molar-refractivity contribution in [3.8, 4) is 0 Å². The highest BCUT2D eigenvalue weighted by atomic mass is 16.6. The van der Waals surface area contributed by atoms with Gasteiger partial charge in [0.15, 0.2) is 0 Å². The Morgan fingerprint density at radius 3 is 2.90 bits per heavy atom. The Hall–Kier alpha value is -2.70. The standard InChI is InChI=1S/C13H13N5O2/c1-8-6-9-4-2-3-5-10(9)17(8)13-11(18(19)20)12(14)15-7-16-13/h2-5,7-8H,6H2,1H3,(H2,14,15,16)/t8-/m1/s1. The van der Waals surface area contributed by atoms with Crippen molar-refractivity contribution >= 4 is 23.0 Å². The lowest BCUT2D eigenvalue weighted by Gasteiger charge is -2.23. The van der Waals surface area contributed by atoms with E-state index in [0.29, 0.717) is 0 Å². The summed E-state index contributed by atoms with van der Waals surface area (Å²) in [5, 5.41) is 11.2. The highest BCUT2D eigenvalue weighted by Crippen LogP contribution is 2.41. The molecule has 1 aromatic carbocycles. The maximum absolute atomic E-state index is 11.2. The molecule has 0 amide bonds. The van der Waals surface area contributed by atoms with E-state index >= 15 is 0 Å². The van der Waals surface area contributed by atoms with Crippen molar-refractivity contribution in [1.29, 1.82) is 0 Å². The van der Waals surface area contributed by atoms with E-state index < -0.39 is 4.92 Å². The van der Waals surface area contributed by atoms with Gasteiger partial charge < -0.3 is 10.6 Å². The lowest BCUT2D eigenvalue weighted by molar-refractivity contribution is -0.383. The number of anilines is 3. The second-order valence-electron chi connectivity index (χ2n) is 4.74. The van der Waals surface area contributed by atoms with Gasteiger partial charge in [0, 0.05) is 11.7 Å². The van der Waals surface area contributed by atoms with Crippen LogP contribution in [0.15, 0.2) is 30.6 Å². The van der Waals surface area contributed by atoms with Crippen LogP contribution in [0, 0.1) is 10.1 Å². The second kappa shape index (κ2) is 4.44. The molecule has 1 aromatic heterocycles. The Morgan fingerprint density at radius 1 is 1.40 bits per heavy atom. The minimum absolute atomic E-state index is 0.0837. The Morgan fingerprint density at radius 2 is 2.15 bits per heavy atom. The van der Waals surface area contributed by atoms with Gasteiger partial charge in [-0.3, -0.25) is 10.1 Å². The Bertz CT molecular complexity index is 688. The first-order chi connectivity index (χ1) is 9.59. The first-order valence-electron chi connectivity index (χ1n) is 6.21. The molecule has 1 aliphatic heterocycles. The summed E-state index contributed by atoms with van der Waals surface area (Å²) < 4.78 is 0. The number of rotatable bonds is 2. The number of aromatic nitrogens is 2. The van der Waals surface area contributed by atoms with Crippen LogP contribution in [-0.2, 0) is 6.42 Å². The molecule has 3 rings (SSSR count). The maximum atomic E-state index is 11.2. The predicted octanol–water partition coefficient (Wildman–Crippen LogP) is 2.05. The smallest absolute Gasteiger partial charge is 0.353 e. The fourth-order valence-electron chi connectivity index (χ4n) is 2.62. The molecule has 20 heavy (non-hydrogen) atoms. The molecule has 0 saturated carbocycles. The number of nitrogens with zero attached hydrogens (tertiary/aromatic N) is 4. The van der Waals surface area contributed by atoms with Crippen LogP contribution in [0.4, 0.5) is 23.0 Å². The molecule has 0 saturated heterocycles. The molecular formula is C13H13N5O2. The number of benzene rings is 1. The highest BCUT2D eigenvalue weighted by molar-refractivity contribution is 5.78. The minimum Gasteiger partial charge on any atom is -0.378 e. The van der Waals surface area contributed by atoms with E-state index in [9.17, 15) is 10.1 Å². The molecule has 0 fully saturated rings. The predicted molar refractivity (Wildman–Crippen MR) is 74.8 cm³/mol. The number of hydrogen-bond acceptors (Lipinski definition) is 6. The van der Waals surface area contributed by atoms with Crippen LogP contribution in [0.25, 0.3) is 0 Å². The van der Waals surface area contributed by atoms with E-state index in [4.69, 9.17) is 5.73 Å². The topological polar surface area (TPSA) is 98.2 Å². The van der Waals surface area contributed by atoms with Gasteiger partial charge in [0.1, 0.15) is 6.33 Å². The van der Waals surface area contributed by atoms with Gasteiger partial charge in [0.25, 0.3) is 0 Å². The molecule has 2 aromatic rings. The molecule has 0 bridgehead atoms. The third-order valence-corrected chi connectivity index (χ3v) is 3.45. The summed E-state index contributed by atoms with van der Waals surface area (Å²) in [4.78, 5) is 20.4. The van der Waals surface area contributed by atoms with Crippen LogP contribution in [0.5, 0.6) is 0 Å². The summed E-state index contributed by atoms with van der Waals surface area (Å²) in [5.74, 6) is 0.136. The minimum atomic E-state index is -0.529. The Kier molecular flexibility index (Phi) is 2.74. The third-order valence-electron chi connectivity index (χ3n) is 3.45. The van der Waals surface area contributed by atoms with Crippen LogP contribution >= 0.6 is 0 Å². The second-order valence-corrected chi connectivity index (χ2v) is 4.74. The highest BCUT2D eigenvalue weighted by Gasteiger charge is 2.34. The largest absolute Gasteiger partial charge is 0.378 e. The van der Waals surface area contributed by atoms with E-state index in [1.807, 2.05) is 36.1 Å². The van der Waals surface area contributed by atoms with Crippen LogP contribution in [0.1, 0.15) is 12.5 Å². The lowest BCUT2D eigenvalue weighted by Crippen LogP contribution is -2.26. The van der Waals surface area contributed by atoms with Crippen molar-refractivity contribution < 1.29 is 4.92 Å². The van der Waals surface area contributed by atoms with Crippen molar-refractivity contribution in [2.24, 2.45) is 0 Å². The molecule has 7 heteroatoms. The van der Waals surface area contributed by atoms with Crippen molar-refractivity contribution in [3.63, 3.8) is 0 Å². The zero-order valence-electron chi connectivity index (χ0n) is 10.9. The Labute approximate surface area is 115 Å². The van der Waals surface area contributed by atoms with Gasteiger partial charge in [0.05, 0.1) is 4.92 Å². The van der Waals surface area contributed by atoms with Gasteiger partial charge in [-0.2, -0.15) is 0 Å². The quantitative estimate of drug-likeness (QED) is 0.663. The summed E-state index contributed by atoms with van der Waals surface area (Å²) >= 11 is 0. The van der Waals surface area contributed by atoms with E-state index in [1.54, 1.807) is 0 Å². The molecule has 0 spiro atoms. The molecule has 7 nitrogen and oxygen atoms in total. The number of para-hydroxylation sites is 1. The van der Waals surface area contributed by atoms with Crippen molar-refractivity contribution in [2.75, 3.05) is 10.6 Å². The van der Waals surface area contributed by atoms with Crippen LogP contribution in [-0.4, -0.2) is 20.9 Å². The summed E-state index contributed by atoms with van der Waals surface area (Å²) in [6, 6.07) is 7.89.